The largest absolute Gasteiger partial charge is 0.335 e. The zero-order chi connectivity index (χ0) is 11.5. The van der Waals surface area contributed by atoms with Crippen molar-refractivity contribution in [2.75, 3.05) is 0 Å². The SMILES string of the molecule is CCc1nc(-c2ccc(C)cc2)cn1CC. The minimum Gasteiger partial charge on any atom is -0.335 e. The van der Waals surface area contributed by atoms with Gasteiger partial charge in [-0.2, -0.15) is 0 Å². The van der Waals surface area contributed by atoms with Crippen LogP contribution in [0.15, 0.2) is 30.5 Å². The van der Waals surface area contributed by atoms with E-state index < -0.39 is 0 Å². The van der Waals surface area contributed by atoms with E-state index in [1.807, 2.05) is 0 Å². The van der Waals surface area contributed by atoms with Gasteiger partial charge in [0.05, 0.1) is 5.69 Å². The van der Waals surface area contributed by atoms with Crippen molar-refractivity contribution in [1.82, 2.24) is 9.55 Å². The molecule has 0 atom stereocenters. The Kier molecular flexibility index (Phi) is 3.09. The molecule has 2 rings (SSSR count). The lowest BCUT2D eigenvalue weighted by molar-refractivity contribution is 0.705. The highest BCUT2D eigenvalue weighted by molar-refractivity contribution is 5.59. The molecule has 0 aliphatic heterocycles. The summed E-state index contributed by atoms with van der Waals surface area (Å²) in [5, 5.41) is 0. The van der Waals surface area contributed by atoms with Crippen LogP contribution in [0.25, 0.3) is 11.3 Å². The zero-order valence-corrected chi connectivity index (χ0v) is 10.2. The number of hydrogen-bond acceptors (Lipinski definition) is 1. The van der Waals surface area contributed by atoms with Crippen molar-refractivity contribution in [3.05, 3.63) is 41.9 Å². The molecule has 0 saturated carbocycles. The molecule has 0 spiro atoms. The first-order valence-electron chi connectivity index (χ1n) is 5.87. The molecule has 0 radical (unpaired) electrons. The summed E-state index contributed by atoms with van der Waals surface area (Å²) in [5.74, 6) is 1.16. The molecule has 0 bridgehead atoms. The number of rotatable bonds is 3. The molecule has 0 aliphatic carbocycles. The molecule has 0 unspecified atom stereocenters. The lowest BCUT2D eigenvalue weighted by Crippen LogP contribution is -1.98. The summed E-state index contributed by atoms with van der Waals surface area (Å²) in [4.78, 5) is 4.66. The second-order valence-electron chi connectivity index (χ2n) is 4.05. The molecule has 1 heterocycles. The summed E-state index contributed by atoms with van der Waals surface area (Å²) >= 11 is 0. The van der Waals surface area contributed by atoms with Crippen molar-refractivity contribution in [3.8, 4) is 11.3 Å². The van der Waals surface area contributed by atoms with Gasteiger partial charge in [-0.1, -0.05) is 36.8 Å². The van der Waals surface area contributed by atoms with Crippen LogP contribution in [0.5, 0.6) is 0 Å². The van der Waals surface area contributed by atoms with Crippen LogP contribution in [0, 0.1) is 6.92 Å². The molecule has 0 saturated heterocycles. The molecule has 84 valence electrons. The number of nitrogens with zero attached hydrogens (tertiary/aromatic N) is 2. The molecular formula is C14H18N2. The average Bonchev–Trinajstić information content (AvgIpc) is 2.73. The molecule has 0 fully saturated rings. The number of hydrogen-bond donors (Lipinski definition) is 0. The van der Waals surface area contributed by atoms with E-state index in [1.165, 1.54) is 11.1 Å². The van der Waals surface area contributed by atoms with E-state index in [9.17, 15) is 0 Å². The second-order valence-corrected chi connectivity index (χ2v) is 4.05. The summed E-state index contributed by atoms with van der Waals surface area (Å²) in [6, 6.07) is 8.53. The Hall–Kier alpha value is -1.57. The van der Waals surface area contributed by atoms with Crippen LogP contribution >= 0.6 is 0 Å². The van der Waals surface area contributed by atoms with Crippen molar-refractivity contribution in [2.45, 2.75) is 33.7 Å². The molecule has 1 aromatic carbocycles. The second kappa shape index (κ2) is 4.52. The van der Waals surface area contributed by atoms with E-state index in [-0.39, 0.29) is 0 Å². The Balaban J connectivity index is 2.40. The van der Waals surface area contributed by atoms with Crippen molar-refractivity contribution in [3.63, 3.8) is 0 Å². The first-order valence-corrected chi connectivity index (χ1v) is 5.87. The summed E-state index contributed by atoms with van der Waals surface area (Å²) in [5.41, 5.74) is 3.57. The van der Waals surface area contributed by atoms with Gasteiger partial charge in [0, 0.05) is 24.7 Å². The van der Waals surface area contributed by atoms with Gasteiger partial charge >= 0.3 is 0 Å². The fourth-order valence-electron chi connectivity index (χ4n) is 1.87. The van der Waals surface area contributed by atoms with Gasteiger partial charge < -0.3 is 4.57 Å². The van der Waals surface area contributed by atoms with E-state index in [1.54, 1.807) is 0 Å². The third-order valence-electron chi connectivity index (χ3n) is 2.86. The normalized spacial score (nSPS) is 10.7. The molecule has 2 heteroatoms. The van der Waals surface area contributed by atoms with Gasteiger partial charge in [-0.15, -0.1) is 0 Å². The van der Waals surface area contributed by atoms with Gasteiger partial charge in [0.2, 0.25) is 0 Å². The zero-order valence-electron chi connectivity index (χ0n) is 10.2. The molecule has 0 N–H and O–H groups in total. The van der Waals surface area contributed by atoms with Crippen LogP contribution in [-0.2, 0) is 13.0 Å². The highest BCUT2D eigenvalue weighted by atomic mass is 15.1. The van der Waals surface area contributed by atoms with E-state index >= 15 is 0 Å². The van der Waals surface area contributed by atoms with Crippen molar-refractivity contribution in [2.24, 2.45) is 0 Å². The first kappa shape index (κ1) is 10.9. The molecular weight excluding hydrogens is 196 g/mol. The highest BCUT2D eigenvalue weighted by Crippen LogP contribution is 2.19. The summed E-state index contributed by atoms with van der Waals surface area (Å²) in [6.07, 6.45) is 3.13. The highest BCUT2D eigenvalue weighted by Gasteiger charge is 2.06. The Labute approximate surface area is 97.0 Å². The fourth-order valence-corrected chi connectivity index (χ4v) is 1.87. The van der Waals surface area contributed by atoms with Gasteiger partial charge in [0.15, 0.2) is 0 Å². The number of aromatic nitrogens is 2. The van der Waals surface area contributed by atoms with Crippen molar-refractivity contribution in [1.29, 1.82) is 0 Å². The van der Waals surface area contributed by atoms with Gasteiger partial charge in [-0.3, -0.25) is 0 Å². The smallest absolute Gasteiger partial charge is 0.109 e. The quantitative estimate of drug-likeness (QED) is 0.765. The molecule has 2 nitrogen and oxygen atoms in total. The van der Waals surface area contributed by atoms with Gasteiger partial charge in [0.1, 0.15) is 5.82 Å². The Morgan fingerprint density at radius 2 is 1.81 bits per heavy atom. The maximum atomic E-state index is 4.66. The third-order valence-corrected chi connectivity index (χ3v) is 2.86. The van der Waals surface area contributed by atoms with E-state index in [0.29, 0.717) is 0 Å². The maximum Gasteiger partial charge on any atom is 0.109 e. The third kappa shape index (κ3) is 2.01. The van der Waals surface area contributed by atoms with Gasteiger partial charge in [-0.25, -0.2) is 4.98 Å². The minimum atomic E-state index is 0.986. The van der Waals surface area contributed by atoms with Crippen LogP contribution in [0.3, 0.4) is 0 Å². The van der Waals surface area contributed by atoms with E-state index in [0.717, 1.165) is 24.5 Å². The van der Waals surface area contributed by atoms with Crippen LogP contribution in [0.1, 0.15) is 25.2 Å². The van der Waals surface area contributed by atoms with Crippen molar-refractivity contribution < 1.29 is 0 Å². The average molecular weight is 214 g/mol. The number of aryl methyl sites for hydroxylation is 3. The van der Waals surface area contributed by atoms with Crippen LogP contribution in [0.2, 0.25) is 0 Å². The molecule has 0 amide bonds. The first-order chi connectivity index (χ1) is 7.74. The standard InChI is InChI=1S/C14H18N2/c1-4-14-15-13(10-16(14)5-2)12-8-6-11(3)7-9-12/h6-10H,4-5H2,1-3H3. The summed E-state index contributed by atoms with van der Waals surface area (Å²) in [6.45, 7) is 7.39. The van der Waals surface area contributed by atoms with Crippen LogP contribution < -0.4 is 0 Å². The van der Waals surface area contributed by atoms with Crippen LogP contribution in [0.4, 0.5) is 0 Å². The van der Waals surface area contributed by atoms with E-state index in [2.05, 4.69) is 60.8 Å². The fraction of sp³-hybridized carbons (Fsp3) is 0.357. The van der Waals surface area contributed by atoms with Crippen molar-refractivity contribution >= 4 is 0 Å². The predicted octanol–water partition coefficient (Wildman–Crippen LogP) is 3.44. The predicted molar refractivity (Wildman–Crippen MR) is 67.5 cm³/mol. The molecule has 2 aromatic rings. The van der Waals surface area contributed by atoms with Gasteiger partial charge in [-0.05, 0) is 13.8 Å². The topological polar surface area (TPSA) is 17.8 Å². The molecule has 16 heavy (non-hydrogen) atoms. The Morgan fingerprint density at radius 3 is 2.31 bits per heavy atom. The summed E-state index contributed by atoms with van der Waals surface area (Å²) in [7, 11) is 0. The Bertz CT molecular complexity index is 444. The lowest BCUT2D eigenvalue weighted by atomic mass is 10.1. The lowest BCUT2D eigenvalue weighted by Gasteiger charge is -1.99. The van der Waals surface area contributed by atoms with Gasteiger partial charge in [0.25, 0.3) is 0 Å². The minimum absolute atomic E-state index is 0.986. The Morgan fingerprint density at radius 1 is 1.12 bits per heavy atom. The summed E-state index contributed by atoms with van der Waals surface area (Å²) < 4.78 is 2.22. The molecule has 0 aliphatic rings. The monoisotopic (exact) mass is 214 g/mol. The van der Waals surface area contributed by atoms with E-state index in [4.69, 9.17) is 0 Å². The number of imidazole rings is 1. The number of benzene rings is 1. The molecule has 1 aromatic heterocycles. The van der Waals surface area contributed by atoms with Crippen LogP contribution in [-0.4, -0.2) is 9.55 Å². The maximum absolute atomic E-state index is 4.66.